The van der Waals surface area contributed by atoms with Gasteiger partial charge in [-0.3, -0.25) is 9.59 Å². The standard InChI is InChI=1S/C25H26N2O4/c28-23(26-20-12-5-2-6-13-20)17-27(16-18-9-3-1-4-10-18)24(29)21-15-19-11-7-8-14-22(19)31-25(21)30/h1,3-4,7-11,14-15,20H,2,5-6,12-13,16-17H2,(H,26,28). The molecule has 0 bridgehead atoms. The molecule has 1 aliphatic carbocycles. The first-order valence-electron chi connectivity index (χ1n) is 10.8. The first-order chi connectivity index (χ1) is 15.1. The van der Waals surface area contributed by atoms with Crippen LogP contribution in [0.5, 0.6) is 0 Å². The van der Waals surface area contributed by atoms with Gasteiger partial charge in [0.25, 0.3) is 5.91 Å². The second-order valence-corrected chi connectivity index (χ2v) is 8.03. The van der Waals surface area contributed by atoms with E-state index in [1.807, 2.05) is 36.4 Å². The highest BCUT2D eigenvalue weighted by atomic mass is 16.4. The molecule has 2 amide bonds. The lowest BCUT2D eigenvalue weighted by Gasteiger charge is -2.26. The van der Waals surface area contributed by atoms with Crippen molar-refractivity contribution in [2.24, 2.45) is 0 Å². The van der Waals surface area contributed by atoms with E-state index in [1.165, 1.54) is 11.3 Å². The maximum Gasteiger partial charge on any atom is 0.349 e. The van der Waals surface area contributed by atoms with Gasteiger partial charge in [-0.1, -0.05) is 67.8 Å². The Labute approximate surface area is 180 Å². The van der Waals surface area contributed by atoms with Crippen LogP contribution in [0.1, 0.15) is 48.0 Å². The summed E-state index contributed by atoms with van der Waals surface area (Å²) in [5.74, 6) is -0.719. The van der Waals surface area contributed by atoms with Crippen molar-refractivity contribution in [3.63, 3.8) is 0 Å². The quantitative estimate of drug-likeness (QED) is 0.616. The van der Waals surface area contributed by atoms with Gasteiger partial charge in [-0.05, 0) is 30.5 Å². The molecule has 6 nitrogen and oxygen atoms in total. The molecular weight excluding hydrogens is 392 g/mol. The number of para-hydroxylation sites is 1. The molecule has 1 aromatic heterocycles. The highest BCUT2D eigenvalue weighted by Gasteiger charge is 2.24. The van der Waals surface area contributed by atoms with Crippen LogP contribution in [0.25, 0.3) is 11.0 Å². The molecule has 31 heavy (non-hydrogen) atoms. The summed E-state index contributed by atoms with van der Waals surface area (Å²) < 4.78 is 5.34. The third kappa shape index (κ3) is 5.20. The first-order valence-corrected chi connectivity index (χ1v) is 10.8. The number of nitrogens with zero attached hydrogens (tertiary/aromatic N) is 1. The molecule has 1 fully saturated rings. The number of carbonyl (C=O) groups is 2. The van der Waals surface area contributed by atoms with E-state index in [0.717, 1.165) is 31.2 Å². The van der Waals surface area contributed by atoms with Gasteiger partial charge >= 0.3 is 5.63 Å². The van der Waals surface area contributed by atoms with Gasteiger partial charge in [-0.25, -0.2) is 4.79 Å². The lowest BCUT2D eigenvalue weighted by atomic mass is 9.95. The number of amides is 2. The number of fused-ring (bicyclic) bond motifs is 1. The molecule has 1 heterocycles. The second-order valence-electron chi connectivity index (χ2n) is 8.03. The number of hydrogen-bond acceptors (Lipinski definition) is 4. The molecule has 0 aliphatic heterocycles. The number of carbonyl (C=O) groups excluding carboxylic acids is 2. The number of rotatable bonds is 6. The molecule has 0 saturated heterocycles. The molecule has 0 atom stereocenters. The highest BCUT2D eigenvalue weighted by Crippen LogP contribution is 2.18. The zero-order valence-corrected chi connectivity index (χ0v) is 17.4. The summed E-state index contributed by atoms with van der Waals surface area (Å²) in [6.07, 6.45) is 5.34. The summed E-state index contributed by atoms with van der Waals surface area (Å²) in [6, 6.07) is 18.2. The molecule has 0 radical (unpaired) electrons. The molecule has 3 aromatic rings. The van der Waals surface area contributed by atoms with E-state index in [0.29, 0.717) is 11.0 Å². The van der Waals surface area contributed by atoms with Gasteiger partial charge in [0.05, 0.1) is 0 Å². The molecule has 4 rings (SSSR count). The topological polar surface area (TPSA) is 79.6 Å². The van der Waals surface area contributed by atoms with Crippen LogP contribution in [0, 0.1) is 0 Å². The van der Waals surface area contributed by atoms with Gasteiger partial charge in [0.2, 0.25) is 5.91 Å². The van der Waals surface area contributed by atoms with Gasteiger partial charge in [-0.2, -0.15) is 0 Å². The molecule has 0 unspecified atom stereocenters. The maximum atomic E-state index is 13.3. The largest absolute Gasteiger partial charge is 0.422 e. The van der Waals surface area contributed by atoms with E-state index < -0.39 is 11.5 Å². The fraction of sp³-hybridized carbons (Fsp3) is 0.320. The van der Waals surface area contributed by atoms with E-state index in [9.17, 15) is 14.4 Å². The predicted molar refractivity (Wildman–Crippen MR) is 119 cm³/mol. The Morgan fingerprint density at radius 1 is 0.968 bits per heavy atom. The van der Waals surface area contributed by atoms with Crippen LogP contribution in [-0.4, -0.2) is 29.3 Å². The fourth-order valence-corrected chi connectivity index (χ4v) is 4.08. The van der Waals surface area contributed by atoms with Crippen molar-refractivity contribution in [2.45, 2.75) is 44.7 Å². The molecule has 1 aliphatic rings. The van der Waals surface area contributed by atoms with Gasteiger partial charge < -0.3 is 14.6 Å². The zero-order valence-electron chi connectivity index (χ0n) is 17.4. The molecule has 0 spiro atoms. The summed E-state index contributed by atoms with van der Waals surface area (Å²) >= 11 is 0. The van der Waals surface area contributed by atoms with Crippen LogP contribution < -0.4 is 10.9 Å². The van der Waals surface area contributed by atoms with Crippen LogP contribution in [0.2, 0.25) is 0 Å². The number of benzene rings is 2. The van der Waals surface area contributed by atoms with E-state index in [2.05, 4.69) is 5.32 Å². The van der Waals surface area contributed by atoms with Crippen molar-refractivity contribution in [1.82, 2.24) is 10.2 Å². The van der Waals surface area contributed by atoms with Crippen LogP contribution in [0.15, 0.2) is 69.9 Å². The Hall–Kier alpha value is -3.41. The van der Waals surface area contributed by atoms with Gasteiger partial charge in [0.1, 0.15) is 17.7 Å². The van der Waals surface area contributed by atoms with Gasteiger partial charge in [-0.15, -0.1) is 0 Å². The highest BCUT2D eigenvalue weighted by molar-refractivity contribution is 5.98. The summed E-state index contributed by atoms with van der Waals surface area (Å²) in [5, 5.41) is 3.71. The monoisotopic (exact) mass is 418 g/mol. The van der Waals surface area contributed by atoms with Crippen molar-refractivity contribution >= 4 is 22.8 Å². The minimum absolute atomic E-state index is 0.0694. The Morgan fingerprint density at radius 2 is 1.68 bits per heavy atom. The minimum Gasteiger partial charge on any atom is -0.422 e. The normalized spacial score (nSPS) is 14.3. The Balaban J connectivity index is 1.58. The van der Waals surface area contributed by atoms with Crippen molar-refractivity contribution < 1.29 is 14.0 Å². The van der Waals surface area contributed by atoms with Crippen molar-refractivity contribution in [2.75, 3.05) is 6.54 Å². The third-order valence-corrected chi connectivity index (χ3v) is 5.68. The lowest BCUT2D eigenvalue weighted by molar-refractivity contribution is -0.122. The summed E-state index contributed by atoms with van der Waals surface area (Å²) in [7, 11) is 0. The van der Waals surface area contributed by atoms with Gasteiger partial charge in [0.15, 0.2) is 0 Å². The van der Waals surface area contributed by atoms with E-state index >= 15 is 0 Å². The van der Waals surface area contributed by atoms with Crippen molar-refractivity contribution in [3.8, 4) is 0 Å². The smallest absolute Gasteiger partial charge is 0.349 e. The van der Waals surface area contributed by atoms with Gasteiger partial charge in [0, 0.05) is 18.0 Å². The lowest BCUT2D eigenvalue weighted by Crippen LogP contribution is -2.45. The molecule has 6 heteroatoms. The SMILES string of the molecule is O=C(CN(Cc1ccccc1)C(=O)c1cc2ccccc2oc1=O)NC1CCCCC1. The molecule has 160 valence electrons. The Bertz CT molecular complexity index is 1120. The van der Waals surface area contributed by atoms with Crippen LogP contribution >= 0.6 is 0 Å². The minimum atomic E-state index is -0.700. The Morgan fingerprint density at radius 3 is 2.45 bits per heavy atom. The predicted octanol–water partition coefficient (Wildman–Crippen LogP) is 3.88. The number of nitrogens with one attached hydrogen (secondary N) is 1. The van der Waals surface area contributed by atoms with Crippen LogP contribution in [0.4, 0.5) is 0 Å². The Kier molecular flexibility index (Phi) is 6.46. The fourth-order valence-electron chi connectivity index (χ4n) is 4.08. The van der Waals surface area contributed by atoms with E-state index in [4.69, 9.17) is 4.42 Å². The first kappa shape index (κ1) is 20.8. The third-order valence-electron chi connectivity index (χ3n) is 5.68. The van der Waals surface area contributed by atoms with E-state index in [-0.39, 0.29) is 30.6 Å². The summed E-state index contributed by atoms with van der Waals surface area (Å²) in [4.78, 5) is 40.0. The van der Waals surface area contributed by atoms with Crippen molar-refractivity contribution in [1.29, 1.82) is 0 Å². The van der Waals surface area contributed by atoms with Crippen LogP contribution in [-0.2, 0) is 11.3 Å². The molecular formula is C25H26N2O4. The number of hydrogen-bond donors (Lipinski definition) is 1. The average molecular weight is 418 g/mol. The molecule has 1 saturated carbocycles. The summed E-state index contributed by atoms with van der Waals surface area (Å²) in [6.45, 7) is 0.112. The van der Waals surface area contributed by atoms with Crippen LogP contribution in [0.3, 0.4) is 0 Å². The maximum absolute atomic E-state index is 13.3. The molecule has 1 N–H and O–H groups in total. The average Bonchev–Trinajstić information content (AvgIpc) is 2.79. The van der Waals surface area contributed by atoms with Crippen molar-refractivity contribution in [3.05, 3.63) is 82.2 Å². The second kappa shape index (κ2) is 9.60. The summed E-state index contributed by atoms with van der Waals surface area (Å²) in [5.41, 5.74) is 0.537. The van der Waals surface area contributed by atoms with E-state index in [1.54, 1.807) is 24.3 Å². The molecule has 2 aromatic carbocycles. The zero-order chi connectivity index (χ0) is 21.6.